The zero-order valence-electron chi connectivity index (χ0n) is 66.1. The van der Waals surface area contributed by atoms with Crippen molar-refractivity contribution in [3.8, 4) is 0 Å². The summed E-state index contributed by atoms with van der Waals surface area (Å²) >= 11 is 0. The summed E-state index contributed by atoms with van der Waals surface area (Å²) in [5, 5.41) is 10.6. The van der Waals surface area contributed by atoms with E-state index in [-0.39, 0.29) is 25.7 Å². The molecule has 0 heterocycles. The summed E-state index contributed by atoms with van der Waals surface area (Å²) in [6.07, 6.45) is 90.9. The van der Waals surface area contributed by atoms with E-state index in [1.807, 2.05) is 30.4 Å². The first-order valence-corrected chi connectivity index (χ1v) is 43.7. The van der Waals surface area contributed by atoms with Crippen molar-refractivity contribution in [2.75, 3.05) is 39.6 Å². The van der Waals surface area contributed by atoms with Gasteiger partial charge in [0.2, 0.25) is 0 Å². The van der Waals surface area contributed by atoms with Crippen LogP contribution in [-0.4, -0.2) is 96.7 Å². The molecule has 3 N–H and O–H groups in total. The average Bonchev–Trinajstić information content (AvgIpc) is 0.906. The van der Waals surface area contributed by atoms with Crippen molar-refractivity contribution >= 4 is 39.5 Å². The van der Waals surface area contributed by atoms with E-state index in [1.54, 1.807) is 0 Å². The van der Waals surface area contributed by atoms with Crippen LogP contribution < -0.4 is 0 Å². The van der Waals surface area contributed by atoms with E-state index in [9.17, 15) is 43.2 Å². The molecule has 17 nitrogen and oxygen atoms in total. The number of phosphoric ester groups is 2. The Morgan fingerprint density at radius 1 is 0.264 bits per heavy atom. The van der Waals surface area contributed by atoms with Crippen molar-refractivity contribution in [1.82, 2.24) is 0 Å². The Morgan fingerprint density at radius 2 is 0.491 bits per heavy atom. The third kappa shape index (κ3) is 76.9. The summed E-state index contributed by atoms with van der Waals surface area (Å²) < 4.78 is 68.5. The first kappa shape index (κ1) is 101. The molecule has 106 heavy (non-hydrogen) atoms. The van der Waals surface area contributed by atoms with Crippen molar-refractivity contribution in [3.63, 3.8) is 0 Å². The van der Waals surface area contributed by atoms with Gasteiger partial charge < -0.3 is 33.8 Å². The molecular weight excluding hydrogens is 1380 g/mol. The fraction of sp³-hybridized carbons (Fsp3) is 0.655. The van der Waals surface area contributed by atoms with E-state index in [2.05, 4.69) is 155 Å². The first-order valence-electron chi connectivity index (χ1n) is 40.7. The predicted octanol–water partition coefficient (Wildman–Crippen LogP) is 24.0. The summed E-state index contributed by atoms with van der Waals surface area (Å²) in [4.78, 5) is 73.0. The quantitative estimate of drug-likeness (QED) is 0.0169. The zero-order chi connectivity index (χ0) is 77.4. The summed E-state index contributed by atoms with van der Waals surface area (Å²) in [6.45, 7) is 4.58. The number of allylic oxidation sites excluding steroid dienone is 26. The molecular formula is C87H144O17P2. The molecule has 0 bridgehead atoms. The van der Waals surface area contributed by atoms with Gasteiger partial charge >= 0.3 is 39.5 Å². The van der Waals surface area contributed by atoms with Crippen molar-refractivity contribution in [3.05, 3.63) is 158 Å². The molecule has 0 aromatic carbocycles. The number of aliphatic hydroxyl groups excluding tert-OH is 1. The monoisotopic (exact) mass is 1520 g/mol. The van der Waals surface area contributed by atoms with Gasteiger partial charge in [-0.15, -0.1) is 0 Å². The number of phosphoric acid groups is 2. The van der Waals surface area contributed by atoms with Crippen LogP contribution >= 0.6 is 15.6 Å². The maximum absolute atomic E-state index is 13.1. The topological polar surface area (TPSA) is 237 Å². The minimum atomic E-state index is -5.01. The second-order valence-corrected chi connectivity index (χ2v) is 29.5. The van der Waals surface area contributed by atoms with Crippen LogP contribution in [0.25, 0.3) is 0 Å². The van der Waals surface area contributed by atoms with Gasteiger partial charge in [0.05, 0.1) is 26.4 Å². The fourth-order valence-electron chi connectivity index (χ4n) is 10.2. The number of hydrogen-bond acceptors (Lipinski definition) is 15. The van der Waals surface area contributed by atoms with Crippen molar-refractivity contribution in [2.24, 2.45) is 0 Å². The van der Waals surface area contributed by atoms with Gasteiger partial charge in [-0.1, -0.05) is 276 Å². The van der Waals surface area contributed by atoms with Crippen LogP contribution in [0.4, 0.5) is 0 Å². The van der Waals surface area contributed by atoms with Gasteiger partial charge in [-0.2, -0.15) is 0 Å². The molecule has 0 spiro atoms. The molecule has 0 aliphatic heterocycles. The average molecular weight is 1520 g/mol. The Kier molecular flexibility index (Phi) is 73.9. The smallest absolute Gasteiger partial charge is 0.462 e. The van der Waals surface area contributed by atoms with Crippen molar-refractivity contribution in [2.45, 2.75) is 329 Å². The van der Waals surface area contributed by atoms with Crippen molar-refractivity contribution in [1.29, 1.82) is 0 Å². The molecule has 2 unspecified atom stereocenters. The molecule has 0 amide bonds. The number of esters is 4. The van der Waals surface area contributed by atoms with E-state index in [0.717, 1.165) is 141 Å². The van der Waals surface area contributed by atoms with Gasteiger partial charge in [0.25, 0.3) is 0 Å². The molecule has 0 saturated carbocycles. The lowest BCUT2D eigenvalue weighted by Gasteiger charge is -2.21. The zero-order valence-corrected chi connectivity index (χ0v) is 67.8. The number of carbonyl (C=O) groups excluding carboxylic acids is 4. The van der Waals surface area contributed by atoms with E-state index in [0.29, 0.717) is 38.5 Å². The summed E-state index contributed by atoms with van der Waals surface area (Å²) in [7, 11) is -10.0. The highest BCUT2D eigenvalue weighted by Crippen LogP contribution is 2.45. The highest BCUT2D eigenvalue weighted by molar-refractivity contribution is 7.47. The molecule has 0 aliphatic rings. The van der Waals surface area contributed by atoms with Crippen LogP contribution in [0.3, 0.4) is 0 Å². The SMILES string of the molecule is CCCCC/C=C\C/C=C\C/C=C\C/C=C\C/C=C\CCC(=O)O[C@H](COC(=O)CCCCCCC/C=C\C/C=C\CCCCC)COP(=O)(O)OC[C@@H](O)COP(=O)(O)OC[C@@H](COC(=O)CCCCCCC/C=C\C/C=C\CCCCC)OC(=O)CCC/C=C\C/C=C\C/C=C\C/C=C\CCCCC. The maximum Gasteiger partial charge on any atom is 0.472 e. The Labute approximate surface area is 642 Å². The van der Waals surface area contributed by atoms with Gasteiger partial charge in [0, 0.05) is 25.7 Å². The molecule has 0 radical (unpaired) electrons. The third-order valence-electron chi connectivity index (χ3n) is 16.4. The highest BCUT2D eigenvalue weighted by atomic mass is 31.2. The number of rotatable bonds is 75. The van der Waals surface area contributed by atoms with Gasteiger partial charge in [-0.05, 0) is 167 Å². The lowest BCUT2D eigenvalue weighted by molar-refractivity contribution is -0.161. The fourth-order valence-corrected chi connectivity index (χ4v) is 11.8. The van der Waals surface area contributed by atoms with Crippen LogP contribution in [0.1, 0.15) is 310 Å². The Hall–Kier alpha value is -5.32. The van der Waals surface area contributed by atoms with Gasteiger partial charge in [-0.3, -0.25) is 37.3 Å². The van der Waals surface area contributed by atoms with Crippen LogP contribution in [-0.2, 0) is 65.4 Å². The lowest BCUT2D eigenvalue weighted by atomic mass is 10.1. The molecule has 0 aromatic rings. The normalized spacial score (nSPS) is 14.7. The number of unbranched alkanes of at least 4 members (excludes halogenated alkanes) is 23. The Bertz CT molecular complexity index is 2630. The van der Waals surface area contributed by atoms with E-state index >= 15 is 0 Å². The summed E-state index contributed by atoms with van der Waals surface area (Å²) in [5.41, 5.74) is 0. The highest BCUT2D eigenvalue weighted by Gasteiger charge is 2.30. The minimum absolute atomic E-state index is 0.00920. The van der Waals surface area contributed by atoms with Crippen LogP contribution in [0.15, 0.2) is 158 Å². The second kappa shape index (κ2) is 77.8. The van der Waals surface area contributed by atoms with E-state index < -0.39 is 97.5 Å². The molecule has 604 valence electrons. The minimum Gasteiger partial charge on any atom is -0.462 e. The van der Waals surface area contributed by atoms with Crippen LogP contribution in [0.2, 0.25) is 0 Å². The maximum atomic E-state index is 13.1. The predicted molar refractivity (Wildman–Crippen MR) is 436 cm³/mol. The largest absolute Gasteiger partial charge is 0.472 e. The number of ether oxygens (including phenoxy) is 4. The molecule has 5 atom stereocenters. The summed E-state index contributed by atoms with van der Waals surface area (Å²) in [6, 6.07) is 0. The first-order chi connectivity index (χ1) is 51.7. The number of hydrogen-bond donors (Lipinski definition) is 3. The van der Waals surface area contributed by atoms with Crippen LogP contribution in [0.5, 0.6) is 0 Å². The molecule has 0 aromatic heterocycles. The van der Waals surface area contributed by atoms with E-state index in [1.165, 1.54) is 77.0 Å². The number of aliphatic hydroxyl groups is 1. The Morgan fingerprint density at radius 3 is 0.792 bits per heavy atom. The van der Waals surface area contributed by atoms with E-state index in [4.69, 9.17) is 37.0 Å². The number of carbonyl (C=O) groups is 4. The van der Waals surface area contributed by atoms with Gasteiger partial charge in [-0.25, -0.2) is 9.13 Å². The molecule has 0 rings (SSSR count). The summed E-state index contributed by atoms with van der Waals surface area (Å²) in [5.74, 6) is -2.38. The Balaban J connectivity index is 5.53. The standard InChI is InChI=1S/C87H144O17P2/c1-5-9-13-17-21-25-29-33-37-39-40-42-46-50-54-58-62-66-70-74-87(92)104-83(78-98-85(90)72-68-64-60-56-52-48-44-36-32-28-24-20-16-12-8-4)80-102-106(95,96)100-76-81(88)75-99-105(93,94)101-79-82(77-97-84(89)71-67-63-59-55-51-47-43-35-31-27-23-19-15-11-7-3)103-86(91)73-69-65-61-57-53-49-45-41-38-34-30-26-22-18-14-10-6-2/h21-28,33-38,40,42-45,49-50,54,57,61-62,66,81-83,88H,5-20,29-32,39,41,46-48,51-53,55-56,58-60,63-65,67-80H2,1-4H3,(H,93,94)(H,95,96)/b25-21-,26-22-,27-23-,28-24-,37-33-,38-34-,42-40-,43-35-,44-36-,49-45-,54-50-,61-57-,66-62-/t81-,82+,83+/m0/s1. The second-order valence-electron chi connectivity index (χ2n) is 26.6. The molecule has 0 fully saturated rings. The molecule has 0 aliphatic carbocycles. The molecule has 19 heteroatoms. The van der Waals surface area contributed by atoms with Gasteiger partial charge in [0.1, 0.15) is 19.3 Å². The van der Waals surface area contributed by atoms with Gasteiger partial charge in [0.15, 0.2) is 12.2 Å². The lowest BCUT2D eigenvalue weighted by Crippen LogP contribution is -2.30. The molecule has 0 saturated heterocycles. The third-order valence-corrected chi connectivity index (χ3v) is 18.3. The van der Waals surface area contributed by atoms with Crippen LogP contribution in [0, 0.1) is 0 Å². The van der Waals surface area contributed by atoms with Crippen molar-refractivity contribution < 1.29 is 80.2 Å².